The van der Waals surface area contributed by atoms with E-state index in [-0.39, 0.29) is 27.3 Å². The van der Waals surface area contributed by atoms with Gasteiger partial charge in [-0.25, -0.2) is 13.4 Å². The molecule has 4 heterocycles. The number of thioether (sulfide) groups is 1. The number of morpholine rings is 1. The normalized spacial score (nSPS) is 28.1. The Morgan fingerprint density at radius 2 is 2.11 bits per heavy atom. The molecule has 0 radical (unpaired) electrons. The quantitative estimate of drug-likeness (QED) is 0.695. The Balaban J connectivity index is 1.40. The Labute approximate surface area is 169 Å². The highest BCUT2D eigenvalue weighted by Crippen LogP contribution is 2.43. The van der Waals surface area contributed by atoms with Gasteiger partial charge in [0, 0.05) is 37.6 Å². The first kappa shape index (κ1) is 19.7. The Kier molecular flexibility index (Phi) is 5.64. The van der Waals surface area contributed by atoms with Gasteiger partial charge in [-0.05, 0) is 30.5 Å². The molecule has 1 aromatic rings. The molecular weight excluding hydrogens is 400 g/mol. The zero-order valence-corrected chi connectivity index (χ0v) is 17.1. The van der Waals surface area contributed by atoms with Crippen LogP contribution < -0.4 is 10.2 Å². The Hall–Kier alpha value is -1.62. The van der Waals surface area contributed by atoms with E-state index in [4.69, 9.17) is 4.74 Å². The van der Waals surface area contributed by atoms with E-state index in [0.29, 0.717) is 26.3 Å². The zero-order valence-electron chi connectivity index (χ0n) is 15.5. The predicted octanol–water partition coefficient (Wildman–Crippen LogP) is 0.673. The molecule has 3 saturated heterocycles. The number of nitrogens with zero attached hydrogens (tertiary/aromatic N) is 3. The van der Waals surface area contributed by atoms with E-state index >= 15 is 0 Å². The number of aromatic nitrogens is 1. The summed E-state index contributed by atoms with van der Waals surface area (Å²) in [5.74, 6) is 0.834. The van der Waals surface area contributed by atoms with Crippen molar-refractivity contribution in [2.24, 2.45) is 5.92 Å². The minimum atomic E-state index is -3.56. The van der Waals surface area contributed by atoms with Gasteiger partial charge in [-0.3, -0.25) is 4.79 Å². The summed E-state index contributed by atoms with van der Waals surface area (Å²) in [6, 6.07) is 3.41. The van der Waals surface area contributed by atoms with E-state index in [1.807, 2.05) is 0 Å². The molecule has 3 unspecified atom stereocenters. The molecule has 0 aliphatic carbocycles. The summed E-state index contributed by atoms with van der Waals surface area (Å²) in [4.78, 5) is 18.2. The van der Waals surface area contributed by atoms with Crippen LogP contribution in [-0.2, 0) is 19.6 Å². The number of hydrogen-bond acceptors (Lipinski definition) is 7. The number of anilines is 1. The van der Waals surface area contributed by atoms with Crippen molar-refractivity contribution in [2.45, 2.75) is 21.9 Å². The molecule has 3 aliphatic rings. The van der Waals surface area contributed by atoms with Crippen molar-refractivity contribution in [1.29, 1.82) is 0 Å². The number of nitrogens with one attached hydrogen (secondary N) is 1. The fourth-order valence-corrected chi connectivity index (χ4v) is 7.10. The van der Waals surface area contributed by atoms with Crippen LogP contribution in [0, 0.1) is 5.92 Å². The van der Waals surface area contributed by atoms with Crippen LogP contribution in [0.2, 0.25) is 0 Å². The number of rotatable bonds is 5. The van der Waals surface area contributed by atoms with E-state index in [9.17, 15) is 13.2 Å². The molecule has 1 amide bonds. The molecule has 4 rings (SSSR count). The van der Waals surface area contributed by atoms with Gasteiger partial charge in [0.05, 0.1) is 18.6 Å². The summed E-state index contributed by atoms with van der Waals surface area (Å²) in [6.45, 7) is 7.24. The van der Waals surface area contributed by atoms with Gasteiger partial charge >= 0.3 is 0 Å². The number of amides is 1. The third-order valence-corrected chi connectivity index (χ3v) is 8.72. The second-order valence-electron chi connectivity index (χ2n) is 7.15. The molecule has 1 aromatic heterocycles. The first-order valence-corrected chi connectivity index (χ1v) is 11.7. The lowest BCUT2D eigenvalue weighted by atomic mass is 10.1. The molecule has 3 atom stereocenters. The van der Waals surface area contributed by atoms with Gasteiger partial charge in [0.1, 0.15) is 10.7 Å². The highest BCUT2D eigenvalue weighted by atomic mass is 32.2. The molecule has 10 heteroatoms. The summed E-state index contributed by atoms with van der Waals surface area (Å²) >= 11 is 1.64. The Morgan fingerprint density at radius 3 is 2.75 bits per heavy atom. The highest BCUT2D eigenvalue weighted by Gasteiger charge is 2.45. The van der Waals surface area contributed by atoms with Crippen molar-refractivity contribution in [3.63, 3.8) is 0 Å². The van der Waals surface area contributed by atoms with Crippen LogP contribution in [0.3, 0.4) is 0 Å². The van der Waals surface area contributed by atoms with Crippen LogP contribution in [0.15, 0.2) is 35.9 Å². The maximum absolute atomic E-state index is 13.0. The number of hydrogen-bond donors (Lipinski definition) is 1. The van der Waals surface area contributed by atoms with E-state index in [1.54, 1.807) is 28.2 Å². The molecule has 8 nitrogen and oxygen atoms in total. The molecule has 3 fully saturated rings. The second kappa shape index (κ2) is 8.02. The first-order chi connectivity index (χ1) is 13.5. The van der Waals surface area contributed by atoms with Gasteiger partial charge in [-0.1, -0.05) is 6.58 Å². The van der Waals surface area contributed by atoms with E-state index in [1.165, 1.54) is 12.3 Å². The van der Waals surface area contributed by atoms with Gasteiger partial charge in [0.2, 0.25) is 15.9 Å². The topological polar surface area (TPSA) is 91.8 Å². The summed E-state index contributed by atoms with van der Waals surface area (Å²) in [5.41, 5.74) is 0. The largest absolute Gasteiger partial charge is 0.378 e. The lowest BCUT2D eigenvalue weighted by Crippen LogP contribution is -2.37. The maximum atomic E-state index is 13.0. The molecule has 152 valence electrons. The van der Waals surface area contributed by atoms with E-state index in [2.05, 4.69) is 21.8 Å². The van der Waals surface area contributed by atoms with Gasteiger partial charge in [0.25, 0.3) is 0 Å². The van der Waals surface area contributed by atoms with E-state index in [0.717, 1.165) is 25.3 Å². The number of carbonyl (C=O) groups is 1. The van der Waals surface area contributed by atoms with Crippen LogP contribution in [-0.4, -0.2) is 73.6 Å². The number of ether oxygens (including phenoxy) is 1. The van der Waals surface area contributed by atoms with Gasteiger partial charge in [0.15, 0.2) is 0 Å². The second-order valence-corrected chi connectivity index (χ2v) is 10.5. The van der Waals surface area contributed by atoms with Crippen LogP contribution in [0.25, 0.3) is 0 Å². The molecular formula is C18H24N4O4S2. The molecule has 1 N–H and O–H groups in total. The standard InChI is InChI=1S/C18H24N4O4S2/c1-2-17(23)20-18-9-13-11-22(12-15(13)27-18)28(24,25)14-3-4-16(19-10-14)21-5-7-26-8-6-21/h2-4,10,13,15,18H,1,5-9,11-12H2,(H,20,23). The minimum absolute atomic E-state index is 0.0276. The number of carbonyl (C=O) groups excluding carboxylic acids is 1. The molecule has 0 aromatic carbocycles. The number of fused-ring (bicyclic) bond motifs is 1. The third-order valence-electron chi connectivity index (χ3n) is 5.39. The minimum Gasteiger partial charge on any atom is -0.378 e. The first-order valence-electron chi connectivity index (χ1n) is 9.34. The fourth-order valence-electron chi connectivity index (χ4n) is 3.89. The molecule has 28 heavy (non-hydrogen) atoms. The van der Waals surface area contributed by atoms with Crippen molar-refractivity contribution < 1.29 is 17.9 Å². The Morgan fingerprint density at radius 1 is 1.32 bits per heavy atom. The fraction of sp³-hybridized carbons (Fsp3) is 0.556. The lowest BCUT2D eigenvalue weighted by Gasteiger charge is -2.28. The zero-order chi connectivity index (χ0) is 19.7. The van der Waals surface area contributed by atoms with Crippen LogP contribution in [0.4, 0.5) is 5.82 Å². The molecule has 0 spiro atoms. The van der Waals surface area contributed by atoms with Crippen molar-refractivity contribution in [2.75, 3.05) is 44.3 Å². The van der Waals surface area contributed by atoms with Gasteiger partial charge < -0.3 is 15.0 Å². The average Bonchev–Trinajstić information content (AvgIpc) is 3.28. The van der Waals surface area contributed by atoms with E-state index < -0.39 is 10.0 Å². The third kappa shape index (κ3) is 3.91. The molecule has 0 saturated carbocycles. The van der Waals surface area contributed by atoms with Crippen molar-refractivity contribution in [3.05, 3.63) is 31.0 Å². The van der Waals surface area contributed by atoms with Crippen molar-refractivity contribution in [1.82, 2.24) is 14.6 Å². The number of pyridine rings is 1. The van der Waals surface area contributed by atoms with Crippen LogP contribution in [0.1, 0.15) is 6.42 Å². The van der Waals surface area contributed by atoms with Crippen LogP contribution >= 0.6 is 11.8 Å². The van der Waals surface area contributed by atoms with Crippen molar-refractivity contribution in [3.8, 4) is 0 Å². The summed E-state index contributed by atoms with van der Waals surface area (Å²) in [6.07, 6.45) is 3.49. The summed E-state index contributed by atoms with van der Waals surface area (Å²) in [7, 11) is -3.56. The lowest BCUT2D eigenvalue weighted by molar-refractivity contribution is -0.116. The van der Waals surface area contributed by atoms with Gasteiger partial charge in [-0.15, -0.1) is 11.8 Å². The average molecular weight is 425 g/mol. The van der Waals surface area contributed by atoms with Crippen molar-refractivity contribution >= 4 is 33.5 Å². The van der Waals surface area contributed by atoms with Gasteiger partial charge in [-0.2, -0.15) is 4.31 Å². The van der Waals surface area contributed by atoms with Crippen LogP contribution in [0.5, 0.6) is 0 Å². The smallest absolute Gasteiger partial charge is 0.244 e. The summed E-state index contributed by atoms with van der Waals surface area (Å²) < 4.78 is 32.9. The Bertz CT molecular complexity index is 826. The monoisotopic (exact) mass is 424 g/mol. The SMILES string of the molecule is C=CC(=O)NC1CC2CN(S(=O)(=O)c3ccc(N4CCOCC4)nc3)CC2S1. The number of sulfonamides is 1. The highest BCUT2D eigenvalue weighted by molar-refractivity contribution is 8.00. The maximum Gasteiger partial charge on any atom is 0.244 e. The molecule has 0 bridgehead atoms. The predicted molar refractivity (Wildman–Crippen MR) is 108 cm³/mol. The summed E-state index contributed by atoms with van der Waals surface area (Å²) in [5, 5.41) is 3.12. The molecule has 3 aliphatic heterocycles.